The Kier molecular flexibility index (Phi) is 5.86. The van der Waals surface area contributed by atoms with E-state index < -0.39 is 11.7 Å². The molecule has 1 unspecified atom stereocenters. The molecule has 0 saturated heterocycles. The maximum Gasteiger partial charge on any atom is 0.417 e. The van der Waals surface area contributed by atoms with Crippen LogP contribution in [0.25, 0.3) is 16.6 Å². The highest BCUT2D eigenvalue weighted by atomic mass is 19.4. The molecular formula is C26H26F3N5O2. The quantitative estimate of drug-likeness (QED) is 0.401. The van der Waals surface area contributed by atoms with E-state index in [0.717, 1.165) is 28.8 Å². The molecule has 0 fully saturated rings. The number of nitrogens with two attached hydrogens (primary N) is 1. The Hall–Kier alpha value is -3.66. The minimum Gasteiger partial charge on any atom is -0.383 e. The number of nitrogen functional groups attached to an aromatic ring is 1. The number of alkyl halides is 3. The number of fused-ring (bicyclic) bond motifs is 4. The first-order chi connectivity index (χ1) is 17.0. The topological polar surface area (TPSA) is 85.8 Å². The van der Waals surface area contributed by atoms with E-state index in [9.17, 15) is 18.0 Å². The standard InChI is InChI=1S/C26H26F3N5O2/c1-14(2)9-34(12-18-11-33-10-17(26(27,28)29)5-7-22(33)31-18)25(35)16-4-6-21-19(8-16)20-13-36-15(3)23(20)24(30)32-21/h4-8,10-11,14-15H,9,12-13H2,1-3H3,(H2,30,32). The fourth-order valence-corrected chi connectivity index (χ4v) is 4.73. The van der Waals surface area contributed by atoms with Crippen LogP contribution in [0, 0.1) is 5.92 Å². The molecule has 3 aromatic heterocycles. The molecule has 7 nitrogen and oxygen atoms in total. The second-order valence-electron chi connectivity index (χ2n) is 9.57. The van der Waals surface area contributed by atoms with Gasteiger partial charge in [0.25, 0.3) is 5.91 Å². The van der Waals surface area contributed by atoms with E-state index in [1.165, 1.54) is 16.7 Å². The van der Waals surface area contributed by atoms with Gasteiger partial charge in [0.1, 0.15) is 11.5 Å². The number of anilines is 1. The number of hydrogen-bond donors (Lipinski definition) is 1. The number of aromatic nitrogens is 3. The van der Waals surface area contributed by atoms with E-state index in [2.05, 4.69) is 9.97 Å². The lowest BCUT2D eigenvalue weighted by Crippen LogP contribution is -2.33. The molecule has 1 amide bonds. The van der Waals surface area contributed by atoms with Crippen molar-refractivity contribution < 1.29 is 22.7 Å². The highest BCUT2D eigenvalue weighted by Crippen LogP contribution is 2.38. The van der Waals surface area contributed by atoms with Gasteiger partial charge >= 0.3 is 6.18 Å². The number of amides is 1. The van der Waals surface area contributed by atoms with Crippen molar-refractivity contribution in [2.45, 2.75) is 46.2 Å². The maximum absolute atomic E-state index is 13.6. The number of nitrogens with zero attached hydrogens (tertiary/aromatic N) is 4. The van der Waals surface area contributed by atoms with Gasteiger partial charge < -0.3 is 19.8 Å². The van der Waals surface area contributed by atoms with Crippen LogP contribution in [0.3, 0.4) is 0 Å². The first-order valence-corrected chi connectivity index (χ1v) is 11.7. The Labute approximate surface area is 205 Å². The van der Waals surface area contributed by atoms with Gasteiger partial charge in [0.15, 0.2) is 0 Å². The SMILES string of the molecule is CC(C)CN(Cc1cn2cc(C(F)(F)F)ccc2n1)C(=O)c1ccc2nc(N)c3c(c2c1)COC3C. The van der Waals surface area contributed by atoms with E-state index in [4.69, 9.17) is 10.5 Å². The molecule has 188 valence electrons. The number of rotatable bonds is 5. The minimum atomic E-state index is -4.45. The van der Waals surface area contributed by atoms with Crippen LogP contribution in [0.1, 0.15) is 59.6 Å². The van der Waals surface area contributed by atoms with Crippen LogP contribution in [0.4, 0.5) is 19.0 Å². The number of carbonyl (C=O) groups is 1. The molecular weight excluding hydrogens is 471 g/mol. The number of ether oxygens (including phenoxy) is 1. The smallest absolute Gasteiger partial charge is 0.383 e. The lowest BCUT2D eigenvalue weighted by molar-refractivity contribution is -0.137. The molecule has 0 radical (unpaired) electrons. The summed E-state index contributed by atoms with van der Waals surface area (Å²) in [5, 5.41) is 0.825. The third-order valence-corrected chi connectivity index (χ3v) is 6.35. The van der Waals surface area contributed by atoms with Crippen LogP contribution in [-0.4, -0.2) is 31.7 Å². The number of imidazole rings is 1. The van der Waals surface area contributed by atoms with Gasteiger partial charge in [-0.25, -0.2) is 9.97 Å². The summed E-state index contributed by atoms with van der Waals surface area (Å²) in [6.07, 6.45) is -2.08. The van der Waals surface area contributed by atoms with Crippen molar-refractivity contribution in [2.24, 2.45) is 5.92 Å². The lowest BCUT2D eigenvalue weighted by Gasteiger charge is -2.24. The number of halogens is 3. The molecule has 1 aliphatic rings. The average molecular weight is 498 g/mol. The largest absolute Gasteiger partial charge is 0.417 e. The molecule has 1 aliphatic heterocycles. The number of carbonyl (C=O) groups excluding carboxylic acids is 1. The van der Waals surface area contributed by atoms with Gasteiger partial charge in [0.05, 0.1) is 36.0 Å². The minimum absolute atomic E-state index is 0.163. The van der Waals surface area contributed by atoms with E-state index in [1.807, 2.05) is 26.8 Å². The first-order valence-electron chi connectivity index (χ1n) is 11.7. The van der Waals surface area contributed by atoms with Crippen LogP contribution in [0.15, 0.2) is 42.7 Å². The normalized spacial score (nSPS) is 15.7. The number of hydrogen-bond acceptors (Lipinski definition) is 5. The zero-order valence-electron chi connectivity index (χ0n) is 20.1. The average Bonchev–Trinajstić information content (AvgIpc) is 3.40. The Morgan fingerprint density at radius 2 is 2.00 bits per heavy atom. The molecule has 1 atom stereocenters. The summed E-state index contributed by atoms with van der Waals surface area (Å²) < 4.78 is 46.4. The Balaban J connectivity index is 1.48. The van der Waals surface area contributed by atoms with Crippen LogP contribution < -0.4 is 5.73 Å². The summed E-state index contributed by atoms with van der Waals surface area (Å²) in [5.41, 5.74) is 9.24. The van der Waals surface area contributed by atoms with E-state index in [0.29, 0.717) is 41.4 Å². The van der Waals surface area contributed by atoms with Crippen LogP contribution >= 0.6 is 0 Å². The lowest BCUT2D eigenvalue weighted by atomic mass is 10.00. The summed E-state index contributed by atoms with van der Waals surface area (Å²) in [7, 11) is 0. The molecule has 2 N–H and O–H groups in total. The van der Waals surface area contributed by atoms with E-state index in [-0.39, 0.29) is 24.5 Å². The van der Waals surface area contributed by atoms with Crippen molar-refractivity contribution in [1.82, 2.24) is 19.3 Å². The number of benzene rings is 1. The van der Waals surface area contributed by atoms with Gasteiger partial charge in [-0.05, 0) is 48.7 Å². The molecule has 0 spiro atoms. The molecule has 10 heteroatoms. The summed E-state index contributed by atoms with van der Waals surface area (Å²) in [6.45, 7) is 6.93. The van der Waals surface area contributed by atoms with Gasteiger partial charge in [-0.1, -0.05) is 13.8 Å². The molecule has 36 heavy (non-hydrogen) atoms. The van der Waals surface area contributed by atoms with Crippen molar-refractivity contribution in [1.29, 1.82) is 0 Å². The molecule has 5 rings (SSSR count). The fourth-order valence-electron chi connectivity index (χ4n) is 4.73. The highest BCUT2D eigenvalue weighted by Gasteiger charge is 2.31. The summed E-state index contributed by atoms with van der Waals surface area (Å²) >= 11 is 0. The maximum atomic E-state index is 13.6. The summed E-state index contributed by atoms with van der Waals surface area (Å²) in [6, 6.07) is 7.64. The zero-order valence-corrected chi connectivity index (χ0v) is 20.1. The Morgan fingerprint density at radius 1 is 1.22 bits per heavy atom. The van der Waals surface area contributed by atoms with Gasteiger partial charge in [0, 0.05) is 35.5 Å². The highest BCUT2D eigenvalue weighted by molar-refractivity contribution is 5.99. The molecule has 4 heterocycles. The van der Waals surface area contributed by atoms with Gasteiger partial charge in [-0.2, -0.15) is 13.2 Å². The Bertz CT molecular complexity index is 1480. The second kappa shape index (κ2) is 8.77. The third kappa shape index (κ3) is 4.37. The van der Waals surface area contributed by atoms with Gasteiger partial charge in [-0.3, -0.25) is 4.79 Å². The van der Waals surface area contributed by atoms with Crippen molar-refractivity contribution >= 4 is 28.3 Å². The van der Waals surface area contributed by atoms with Gasteiger partial charge in [0.2, 0.25) is 0 Å². The van der Waals surface area contributed by atoms with Crippen molar-refractivity contribution in [3.05, 3.63) is 70.7 Å². The predicted octanol–water partition coefficient (Wildman–Crippen LogP) is 5.37. The van der Waals surface area contributed by atoms with Crippen LogP contribution in [-0.2, 0) is 24.1 Å². The molecule has 0 aliphatic carbocycles. The summed E-state index contributed by atoms with van der Waals surface area (Å²) in [4.78, 5) is 24.2. The van der Waals surface area contributed by atoms with Crippen molar-refractivity contribution in [2.75, 3.05) is 12.3 Å². The Morgan fingerprint density at radius 3 is 2.72 bits per heavy atom. The molecule has 4 aromatic rings. The van der Waals surface area contributed by atoms with Gasteiger partial charge in [-0.15, -0.1) is 0 Å². The van der Waals surface area contributed by atoms with Crippen LogP contribution in [0.5, 0.6) is 0 Å². The predicted molar refractivity (Wildman–Crippen MR) is 129 cm³/mol. The molecule has 1 aromatic carbocycles. The second-order valence-corrected chi connectivity index (χ2v) is 9.57. The summed E-state index contributed by atoms with van der Waals surface area (Å²) in [5.74, 6) is 0.406. The fraction of sp³-hybridized carbons (Fsp3) is 0.346. The zero-order chi connectivity index (χ0) is 25.8. The number of pyridine rings is 2. The van der Waals surface area contributed by atoms with Crippen molar-refractivity contribution in [3.8, 4) is 0 Å². The molecule has 0 saturated carbocycles. The third-order valence-electron chi connectivity index (χ3n) is 6.35. The van der Waals surface area contributed by atoms with E-state index in [1.54, 1.807) is 17.0 Å². The van der Waals surface area contributed by atoms with E-state index >= 15 is 0 Å². The molecule has 0 bridgehead atoms. The first kappa shape index (κ1) is 24.1. The van der Waals surface area contributed by atoms with Crippen molar-refractivity contribution in [3.63, 3.8) is 0 Å². The monoisotopic (exact) mass is 497 g/mol. The van der Waals surface area contributed by atoms with Crippen LogP contribution in [0.2, 0.25) is 0 Å².